The van der Waals surface area contributed by atoms with Crippen molar-refractivity contribution in [2.24, 2.45) is 5.92 Å². The summed E-state index contributed by atoms with van der Waals surface area (Å²) in [5.41, 5.74) is 0. The molecule has 2 amide bonds. The molecule has 3 fully saturated rings. The zero-order chi connectivity index (χ0) is 14.1. The van der Waals surface area contributed by atoms with E-state index in [2.05, 4.69) is 0 Å². The van der Waals surface area contributed by atoms with Crippen LogP contribution in [-0.4, -0.2) is 63.6 Å². The first-order valence-corrected chi connectivity index (χ1v) is 8.71. The Kier molecular flexibility index (Phi) is 4.10. The largest absolute Gasteiger partial charge is 0.480 e. The number of thioether (sulfide) groups is 1. The number of carboxylic acids is 1. The molecule has 5 nitrogen and oxygen atoms in total. The number of urea groups is 1. The molecule has 0 spiro atoms. The van der Waals surface area contributed by atoms with E-state index in [9.17, 15) is 14.7 Å². The molecule has 3 aliphatic rings. The fourth-order valence-corrected chi connectivity index (χ4v) is 4.88. The monoisotopic (exact) mass is 298 g/mol. The van der Waals surface area contributed by atoms with Crippen molar-refractivity contribution in [2.75, 3.05) is 24.6 Å². The average Bonchev–Trinajstić information content (AvgIpc) is 2.90. The van der Waals surface area contributed by atoms with E-state index < -0.39 is 12.0 Å². The summed E-state index contributed by atoms with van der Waals surface area (Å²) in [6.45, 7) is 1.37. The van der Waals surface area contributed by atoms with Crippen LogP contribution in [0.15, 0.2) is 0 Å². The van der Waals surface area contributed by atoms with E-state index in [0.717, 1.165) is 25.1 Å². The van der Waals surface area contributed by atoms with Gasteiger partial charge in [0, 0.05) is 30.6 Å². The summed E-state index contributed by atoms with van der Waals surface area (Å²) < 4.78 is 0. The second-order valence-corrected chi connectivity index (χ2v) is 7.15. The van der Waals surface area contributed by atoms with Crippen LogP contribution in [0.3, 0.4) is 0 Å². The lowest BCUT2D eigenvalue weighted by molar-refractivity contribution is -0.141. The lowest BCUT2D eigenvalue weighted by Gasteiger charge is -2.39. The van der Waals surface area contributed by atoms with Crippen LogP contribution in [0.2, 0.25) is 0 Å². The van der Waals surface area contributed by atoms with Gasteiger partial charge in [0.05, 0.1) is 0 Å². The van der Waals surface area contributed by atoms with Gasteiger partial charge in [-0.2, -0.15) is 11.8 Å². The van der Waals surface area contributed by atoms with Crippen molar-refractivity contribution in [3.8, 4) is 0 Å². The second kappa shape index (κ2) is 5.84. The molecule has 2 heterocycles. The summed E-state index contributed by atoms with van der Waals surface area (Å²) in [6, 6.07) is -0.323. The number of nitrogens with zero attached hydrogens (tertiary/aromatic N) is 2. The summed E-state index contributed by atoms with van der Waals surface area (Å²) in [7, 11) is 0. The standard InChI is InChI=1S/C14H22N2O3S/c17-13(18)12-9-20-8-7-16(12)14(19)15-6-5-10-3-1-2-4-11(10)15/h10-12H,1-9H2,(H,17,18). The number of hydrogen-bond donors (Lipinski definition) is 1. The molecule has 1 aliphatic carbocycles. The summed E-state index contributed by atoms with van der Waals surface area (Å²) >= 11 is 1.62. The molecule has 3 atom stereocenters. The number of amides is 2. The molecular formula is C14H22N2O3S. The SMILES string of the molecule is O=C(O)C1CSCCN1C(=O)N1CCC2CCCCC21. The minimum atomic E-state index is -0.870. The minimum absolute atomic E-state index is 0.0351. The Morgan fingerprint density at radius 3 is 2.65 bits per heavy atom. The molecular weight excluding hydrogens is 276 g/mol. The lowest BCUT2D eigenvalue weighted by Crippen LogP contribution is -2.56. The molecule has 3 rings (SSSR count). The Bertz CT molecular complexity index is 404. The number of hydrogen-bond acceptors (Lipinski definition) is 3. The fourth-order valence-electron chi connectivity index (χ4n) is 3.85. The third-order valence-electron chi connectivity index (χ3n) is 4.92. The van der Waals surface area contributed by atoms with E-state index in [1.807, 2.05) is 4.90 Å². The van der Waals surface area contributed by atoms with Crippen LogP contribution < -0.4 is 0 Å². The van der Waals surface area contributed by atoms with Gasteiger partial charge >= 0.3 is 12.0 Å². The van der Waals surface area contributed by atoms with Gasteiger partial charge in [-0.1, -0.05) is 12.8 Å². The van der Waals surface area contributed by atoms with Gasteiger partial charge in [0.1, 0.15) is 6.04 Å². The zero-order valence-electron chi connectivity index (χ0n) is 11.7. The first-order valence-electron chi connectivity index (χ1n) is 7.56. The maximum atomic E-state index is 12.7. The zero-order valence-corrected chi connectivity index (χ0v) is 12.5. The van der Waals surface area contributed by atoms with E-state index in [0.29, 0.717) is 24.3 Å². The molecule has 0 bridgehead atoms. The Morgan fingerprint density at radius 1 is 1.05 bits per heavy atom. The number of fused-ring (bicyclic) bond motifs is 1. The van der Waals surface area contributed by atoms with Gasteiger partial charge < -0.3 is 14.9 Å². The molecule has 0 radical (unpaired) electrons. The fraction of sp³-hybridized carbons (Fsp3) is 0.857. The van der Waals surface area contributed by atoms with Gasteiger partial charge in [0.25, 0.3) is 0 Å². The maximum absolute atomic E-state index is 12.7. The molecule has 0 aromatic heterocycles. The van der Waals surface area contributed by atoms with Crippen molar-refractivity contribution in [3.63, 3.8) is 0 Å². The molecule has 2 aliphatic heterocycles. The molecule has 3 unspecified atom stereocenters. The molecule has 1 saturated carbocycles. The van der Waals surface area contributed by atoms with Crippen molar-refractivity contribution < 1.29 is 14.7 Å². The van der Waals surface area contributed by atoms with Crippen LogP contribution in [-0.2, 0) is 4.79 Å². The Labute approximate surface area is 123 Å². The van der Waals surface area contributed by atoms with Crippen LogP contribution in [0, 0.1) is 5.92 Å². The lowest BCUT2D eigenvalue weighted by atomic mass is 9.85. The van der Waals surface area contributed by atoms with E-state index in [-0.39, 0.29) is 6.03 Å². The van der Waals surface area contributed by atoms with Crippen molar-refractivity contribution in [2.45, 2.75) is 44.2 Å². The number of carboxylic acid groups (broad SMARTS) is 1. The highest BCUT2D eigenvalue weighted by Gasteiger charge is 2.42. The normalized spacial score (nSPS) is 33.9. The highest BCUT2D eigenvalue weighted by Crippen LogP contribution is 2.37. The first-order chi connectivity index (χ1) is 9.68. The summed E-state index contributed by atoms with van der Waals surface area (Å²) in [6.07, 6.45) is 5.89. The van der Waals surface area contributed by atoms with Crippen molar-refractivity contribution in [3.05, 3.63) is 0 Å². The van der Waals surface area contributed by atoms with Gasteiger partial charge in [-0.3, -0.25) is 0 Å². The summed E-state index contributed by atoms with van der Waals surface area (Å²) in [5, 5.41) is 9.31. The van der Waals surface area contributed by atoms with Crippen molar-refractivity contribution in [1.29, 1.82) is 0 Å². The van der Waals surface area contributed by atoms with Crippen molar-refractivity contribution >= 4 is 23.8 Å². The number of likely N-dealkylation sites (tertiary alicyclic amines) is 1. The smallest absolute Gasteiger partial charge is 0.327 e. The maximum Gasteiger partial charge on any atom is 0.327 e. The van der Waals surface area contributed by atoms with Crippen LogP contribution in [0.4, 0.5) is 4.79 Å². The molecule has 1 N–H and O–H groups in total. The molecule has 0 aromatic rings. The van der Waals surface area contributed by atoms with E-state index >= 15 is 0 Å². The van der Waals surface area contributed by atoms with Gasteiger partial charge in [-0.05, 0) is 25.2 Å². The molecule has 112 valence electrons. The van der Waals surface area contributed by atoms with Crippen molar-refractivity contribution in [1.82, 2.24) is 9.80 Å². The number of aliphatic carboxylic acids is 1. The van der Waals surface area contributed by atoms with Crippen LogP contribution in [0.5, 0.6) is 0 Å². The highest BCUT2D eigenvalue weighted by atomic mass is 32.2. The van der Waals surface area contributed by atoms with Crippen LogP contribution >= 0.6 is 11.8 Å². The quantitative estimate of drug-likeness (QED) is 0.803. The van der Waals surface area contributed by atoms with E-state index in [4.69, 9.17) is 0 Å². The first kappa shape index (κ1) is 14.0. The molecule has 2 saturated heterocycles. The molecule has 6 heteroatoms. The number of rotatable bonds is 1. The van der Waals surface area contributed by atoms with Gasteiger partial charge in [-0.15, -0.1) is 0 Å². The van der Waals surface area contributed by atoms with Gasteiger partial charge in [0.15, 0.2) is 0 Å². The van der Waals surface area contributed by atoms with Gasteiger partial charge in [-0.25, -0.2) is 9.59 Å². The highest BCUT2D eigenvalue weighted by molar-refractivity contribution is 7.99. The Morgan fingerprint density at radius 2 is 1.85 bits per heavy atom. The van der Waals surface area contributed by atoms with Crippen LogP contribution in [0.1, 0.15) is 32.1 Å². The topological polar surface area (TPSA) is 60.9 Å². The molecule has 0 aromatic carbocycles. The Hall–Kier alpha value is -0.910. The Balaban J connectivity index is 1.72. The predicted molar refractivity (Wildman–Crippen MR) is 77.9 cm³/mol. The van der Waals surface area contributed by atoms with Gasteiger partial charge in [0.2, 0.25) is 0 Å². The number of carbonyl (C=O) groups is 2. The average molecular weight is 298 g/mol. The minimum Gasteiger partial charge on any atom is -0.480 e. The number of carbonyl (C=O) groups excluding carboxylic acids is 1. The third kappa shape index (κ3) is 2.50. The summed E-state index contributed by atoms with van der Waals surface area (Å²) in [4.78, 5) is 27.7. The van der Waals surface area contributed by atoms with E-state index in [1.54, 1.807) is 16.7 Å². The van der Waals surface area contributed by atoms with Crippen LogP contribution in [0.25, 0.3) is 0 Å². The summed E-state index contributed by atoms with van der Waals surface area (Å²) in [5.74, 6) is 1.14. The predicted octanol–water partition coefficient (Wildman–Crippen LogP) is 1.87. The second-order valence-electron chi connectivity index (χ2n) is 6.00. The van der Waals surface area contributed by atoms with E-state index in [1.165, 1.54) is 19.3 Å². The molecule has 20 heavy (non-hydrogen) atoms. The third-order valence-corrected chi connectivity index (χ3v) is 5.94.